The van der Waals surface area contributed by atoms with Gasteiger partial charge in [-0.3, -0.25) is 4.79 Å². The average Bonchev–Trinajstić information content (AvgIpc) is 3.35. The third-order valence-electron chi connectivity index (χ3n) is 5.22. The molecule has 32 heavy (non-hydrogen) atoms. The summed E-state index contributed by atoms with van der Waals surface area (Å²) in [6, 6.07) is 19.7. The minimum Gasteiger partial charge on any atom is -0.452 e. The third-order valence-corrected chi connectivity index (χ3v) is 5.71. The number of rotatable bonds is 4. The molecule has 5 rings (SSSR count). The number of furan rings is 1. The minimum atomic E-state index is -0.631. The molecule has 6 heteroatoms. The van der Waals surface area contributed by atoms with E-state index in [1.807, 2.05) is 36.4 Å². The van der Waals surface area contributed by atoms with Crippen molar-refractivity contribution in [3.05, 3.63) is 99.4 Å². The fourth-order valence-electron chi connectivity index (χ4n) is 3.50. The summed E-state index contributed by atoms with van der Waals surface area (Å²) < 4.78 is 17.7. The first kappa shape index (κ1) is 20.3. The largest absolute Gasteiger partial charge is 0.452 e. The third kappa shape index (κ3) is 3.85. The molecule has 0 saturated carbocycles. The number of ketones is 1. The van der Waals surface area contributed by atoms with Crippen LogP contribution in [0.5, 0.6) is 11.5 Å². The minimum absolute atomic E-state index is 0.0895. The lowest BCUT2D eigenvalue weighted by Gasteiger charge is -2.04. The van der Waals surface area contributed by atoms with Gasteiger partial charge in [-0.1, -0.05) is 47.1 Å². The first-order valence-corrected chi connectivity index (χ1v) is 10.9. The molecule has 1 aliphatic rings. The molecule has 0 amide bonds. The molecule has 0 saturated heterocycles. The summed E-state index contributed by atoms with van der Waals surface area (Å²) in [5, 5.41) is 0.788. The second-order valence-corrected chi connectivity index (χ2v) is 8.29. The number of fused-ring (bicyclic) bond motifs is 2. The Labute approximate surface area is 192 Å². The lowest BCUT2D eigenvalue weighted by Crippen LogP contribution is -2.07. The van der Waals surface area contributed by atoms with Gasteiger partial charge in [0.1, 0.15) is 17.1 Å². The molecule has 0 N–H and O–H groups in total. The van der Waals surface area contributed by atoms with Gasteiger partial charge >= 0.3 is 5.97 Å². The van der Waals surface area contributed by atoms with Crippen molar-refractivity contribution in [3.63, 3.8) is 0 Å². The van der Waals surface area contributed by atoms with Crippen LogP contribution in [-0.2, 0) is 6.42 Å². The molecule has 5 nitrogen and oxygen atoms in total. The Kier molecular flexibility index (Phi) is 5.15. The molecule has 158 valence electrons. The lowest BCUT2D eigenvalue weighted by molar-refractivity contribution is 0.0703. The van der Waals surface area contributed by atoms with Crippen LogP contribution in [0.4, 0.5) is 0 Å². The van der Waals surface area contributed by atoms with Gasteiger partial charge in [0.05, 0.1) is 5.56 Å². The van der Waals surface area contributed by atoms with Crippen LogP contribution in [0.25, 0.3) is 17.0 Å². The van der Waals surface area contributed by atoms with Gasteiger partial charge in [-0.05, 0) is 60.0 Å². The Morgan fingerprint density at radius 3 is 2.62 bits per heavy atom. The van der Waals surface area contributed by atoms with E-state index < -0.39 is 5.97 Å². The van der Waals surface area contributed by atoms with Crippen molar-refractivity contribution in [1.82, 2.24) is 0 Å². The zero-order valence-corrected chi connectivity index (χ0v) is 18.6. The normalized spacial score (nSPS) is 13.9. The topological polar surface area (TPSA) is 65.7 Å². The number of ether oxygens (including phenoxy) is 2. The Morgan fingerprint density at radius 2 is 1.84 bits per heavy atom. The van der Waals surface area contributed by atoms with Gasteiger partial charge < -0.3 is 13.9 Å². The number of hydrogen-bond acceptors (Lipinski definition) is 5. The Morgan fingerprint density at radius 1 is 1.03 bits per heavy atom. The number of carbonyl (C=O) groups is 2. The molecular formula is C26H17BrO5. The van der Waals surface area contributed by atoms with Crippen molar-refractivity contribution in [1.29, 1.82) is 0 Å². The van der Waals surface area contributed by atoms with Crippen LogP contribution < -0.4 is 9.47 Å². The van der Waals surface area contributed by atoms with Crippen molar-refractivity contribution in [2.24, 2.45) is 0 Å². The summed E-state index contributed by atoms with van der Waals surface area (Å²) in [4.78, 5) is 25.2. The van der Waals surface area contributed by atoms with Gasteiger partial charge in [0, 0.05) is 15.9 Å². The van der Waals surface area contributed by atoms with E-state index in [9.17, 15) is 9.59 Å². The summed E-state index contributed by atoms with van der Waals surface area (Å²) in [6.45, 7) is 2.09. The van der Waals surface area contributed by atoms with Crippen molar-refractivity contribution < 1.29 is 23.5 Å². The Bertz CT molecular complexity index is 1400. The first-order chi connectivity index (χ1) is 15.5. The quantitative estimate of drug-likeness (QED) is 0.184. The fraction of sp³-hybridized carbons (Fsp3) is 0.0769. The van der Waals surface area contributed by atoms with E-state index in [4.69, 9.17) is 13.9 Å². The van der Waals surface area contributed by atoms with Gasteiger partial charge in [0.15, 0.2) is 5.76 Å². The monoisotopic (exact) mass is 488 g/mol. The van der Waals surface area contributed by atoms with Gasteiger partial charge in [-0.2, -0.15) is 0 Å². The molecule has 1 aliphatic heterocycles. The number of halogens is 1. The van der Waals surface area contributed by atoms with E-state index in [0.717, 1.165) is 21.8 Å². The van der Waals surface area contributed by atoms with E-state index in [-0.39, 0.29) is 23.1 Å². The lowest BCUT2D eigenvalue weighted by atomic mass is 10.1. The number of aryl methyl sites for hydroxylation is 1. The highest BCUT2D eigenvalue weighted by molar-refractivity contribution is 9.10. The van der Waals surface area contributed by atoms with Gasteiger partial charge in [0.2, 0.25) is 11.5 Å². The predicted octanol–water partition coefficient (Wildman–Crippen LogP) is 6.59. The van der Waals surface area contributed by atoms with E-state index in [1.54, 1.807) is 30.3 Å². The van der Waals surface area contributed by atoms with E-state index >= 15 is 0 Å². The summed E-state index contributed by atoms with van der Waals surface area (Å²) in [5.41, 5.74) is 3.11. The maximum absolute atomic E-state index is 12.7. The number of carbonyl (C=O) groups excluding carboxylic acids is 2. The second kappa shape index (κ2) is 8.13. The number of Topliss-reactive ketones (excluding diaryl/α,β-unsaturated/α-hetero) is 1. The van der Waals surface area contributed by atoms with Crippen LogP contribution in [0.3, 0.4) is 0 Å². The van der Waals surface area contributed by atoms with Crippen LogP contribution in [0.1, 0.15) is 39.0 Å². The zero-order chi connectivity index (χ0) is 22.2. The molecule has 2 heterocycles. The molecule has 0 unspecified atom stereocenters. The highest BCUT2D eigenvalue weighted by Gasteiger charge is 2.28. The SMILES string of the molecule is CCc1ccc(/C=C2\Oc3cc(OC(=O)c4cc5cc(Br)ccc5o4)ccc3C2=O)cc1. The maximum Gasteiger partial charge on any atom is 0.379 e. The average molecular weight is 489 g/mol. The van der Waals surface area contributed by atoms with Crippen LogP contribution in [0, 0.1) is 0 Å². The summed E-state index contributed by atoms with van der Waals surface area (Å²) in [6.07, 6.45) is 2.66. The fourth-order valence-corrected chi connectivity index (χ4v) is 3.88. The Hall–Kier alpha value is -3.64. The molecule has 0 bridgehead atoms. The van der Waals surface area contributed by atoms with E-state index in [1.165, 1.54) is 11.6 Å². The summed E-state index contributed by atoms with van der Waals surface area (Å²) in [5.74, 6) is 0.0953. The van der Waals surface area contributed by atoms with Crippen LogP contribution >= 0.6 is 15.9 Å². The summed E-state index contributed by atoms with van der Waals surface area (Å²) >= 11 is 3.39. The van der Waals surface area contributed by atoms with Crippen molar-refractivity contribution in [3.8, 4) is 11.5 Å². The van der Waals surface area contributed by atoms with Gasteiger partial charge in [0.25, 0.3) is 0 Å². The van der Waals surface area contributed by atoms with Crippen LogP contribution in [0.15, 0.2) is 81.4 Å². The molecule has 0 spiro atoms. The summed E-state index contributed by atoms with van der Waals surface area (Å²) in [7, 11) is 0. The van der Waals surface area contributed by atoms with Gasteiger partial charge in [-0.25, -0.2) is 4.79 Å². The number of benzene rings is 3. The van der Waals surface area contributed by atoms with Crippen LogP contribution in [-0.4, -0.2) is 11.8 Å². The van der Waals surface area contributed by atoms with Gasteiger partial charge in [-0.15, -0.1) is 0 Å². The maximum atomic E-state index is 12.7. The number of hydrogen-bond donors (Lipinski definition) is 0. The molecule has 0 atom stereocenters. The number of esters is 1. The van der Waals surface area contributed by atoms with Crippen molar-refractivity contribution >= 4 is 44.7 Å². The van der Waals surface area contributed by atoms with E-state index in [2.05, 4.69) is 22.9 Å². The Balaban J connectivity index is 1.35. The second-order valence-electron chi connectivity index (χ2n) is 7.38. The van der Waals surface area contributed by atoms with Crippen molar-refractivity contribution in [2.45, 2.75) is 13.3 Å². The number of allylic oxidation sites excluding steroid dienone is 1. The first-order valence-electron chi connectivity index (χ1n) is 10.1. The molecule has 0 radical (unpaired) electrons. The molecule has 4 aromatic rings. The van der Waals surface area contributed by atoms with E-state index in [0.29, 0.717) is 16.9 Å². The highest BCUT2D eigenvalue weighted by atomic mass is 79.9. The van der Waals surface area contributed by atoms with Crippen molar-refractivity contribution in [2.75, 3.05) is 0 Å². The van der Waals surface area contributed by atoms with Crippen LogP contribution in [0.2, 0.25) is 0 Å². The smallest absolute Gasteiger partial charge is 0.379 e. The zero-order valence-electron chi connectivity index (χ0n) is 17.1. The highest BCUT2D eigenvalue weighted by Crippen LogP contribution is 2.35. The standard InChI is InChI=1S/C26H17BrO5/c1-2-15-3-5-16(6-4-15)11-23-25(28)20-9-8-19(14-22(20)32-23)30-26(29)24-13-17-12-18(27)7-10-21(17)31-24/h3-14H,2H2,1H3/b23-11-. The molecule has 0 fully saturated rings. The predicted molar refractivity (Wildman–Crippen MR) is 124 cm³/mol. The molecule has 0 aliphatic carbocycles. The molecular weight excluding hydrogens is 472 g/mol. The molecule has 3 aromatic carbocycles. The molecule has 1 aromatic heterocycles.